The zero-order valence-electron chi connectivity index (χ0n) is 15.3. The summed E-state index contributed by atoms with van der Waals surface area (Å²) in [6, 6.07) is 15.8. The van der Waals surface area contributed by atoms with Crippen LogP contribution in [0.4, 0.5) is 0 Å². The van der Waals surface area contributed by atoms with Crippen LogP contribution in [0, 0.1) is 0 Å². The Morgan fingerprint density at radius 1 is 1.15 bits per heavy atom. The summed E-state index contributed by atoms with van der Waals surface area (Å²) in [5, 5.41) is 0.768. The van der Waals surface area contributed by atoms with Crippen molar-refractivity contribution >= 4 is 44.8 Å². The second-order valence-electron chi connectivity index (χ2n) is 5.87. The summed E-state index contributed by atoms with van der Waals surface area (Å²) in [5.41, 5.74) is 1.97. The Kier molecular flexibility index (Phi) is 6.74. The molecule has 1 aliphatic heterocycles. The minimum Gasteiger partial charge on any atom is -0.488 e. The monoisotopic (exact) mass is 444 g/mol. The molecular weight excluding hydrogens is 424 g/mol. The molecule has 2 aromatic rings. The quantitative estimate of drug-likeness (QED) is 0.564. The summed E-state index contributed by atoms with van der Waals surface area (Å²) in [5.74, 6) is 0.752. The molecule has 0 aliphatic carbocycles. The van der Waals surface area contributed by atoms with Crippen molar-refractivity contribution in [2.24, 2.45) is 4.99 Å². The minimum absolute atomic E-state index is 0.00240. The molecule has 0 unspecified atom stereocenters. The largest absolute Gasteiger partial charge is 0.488 e. The fourth-order valence-corrected chi connectivity index (χ4v) is 4.01. The molecule has 1 amide bonds. The summed E-state index contributed by atoms with van der Waals surface area (Å²) in [7, 11) is 0. The highest BCUT2D eigenvalue weighted by Gasteiger charge is 2.31. The van der Waals surface area contributed by atoms with E-state index in [4.69, 9.17) is 4.74 Å². The van der Waals surface area contributed by atoms with Crippen molar-refractivity contribution < 1.29 is 9.53 Å². The number of rotatable bonds is 6. The number of halogens is 1. The van der Waals surface area contributed by atoms with Gasteiger partial charge >= 0.3 is 0 Å². The van der Waals surface area contributed by atoms with Gasteiger partial charge in [0.25, 0.3) is 5.91 Å². The van der Waals surface area contributed by atoms with Crippen LogP contribution in [0.2, 0.25) is 0 Å². The number of carbonyl (C=O) groups excluding carboxylic acids is 1. The summed E-state index contributed by atoms with van der Waals surface area (Å²) in [6.07, 6.45) is 1.89. The minimum atomic E-state index is -0.00240. The molecule has 0 saturated carbocycles. The highest BCUT2D eigenvalue weighted by Crippen LogP contribution is 2.34. The average Bonchev–Trinajstić information content (AvgIpc) is 2.97. The first kappa shape index (κ1) is 19.7. The predicted octanol–water partition coefficient (Wildman–Crippen LogP) is 5.34. The maximum Gasteiger partial charge on any atom is 0.266 e. The first-order valence-electron chi connectivity index (χ1n) is 8.84. The third-order valence-corrected chi connectivity index (χ3v) is 5.58. The Labute approximate surface area is 172 Å². The first-order valence-corrected chi connectivity index (χ1v) is 10.5. The summed E-state index contributed by atoms with van der Waals surface area (Å²) in [6.45, 7) is 5.68. The Bertz CT molecular complexity index is 878. The van der Waals surface area contributed by atoms with Crippen molar-refractivity contribution in [1.29, 1.82) is 0 Å². The number of hydrogen-bond acceptors (Lipinski definition) is 4. The van der Waals surface area contributed by atoms with Gasteiger partial charge in [-0.1, -0.05) is 46.3 Å². The Hall–Kier alpha value is -2.05. The number of ether oxygens (including phenoxy) is 1. The normalized spacial score (nSPS) is 17.1. The lowest BCUT2D eigenvalue weighted by Gasteiger charge is -2.11. The molecule has 140 valence electrons. The Balaban J connectivity index is 1.81. The zero-order chi connectivity index (χ0) is 19.2. The van der Waals surface area contributed by atoms with E-state index in [0.717, 1.165) is 26.5 Å². The fraction of sp³-hybridized carbons (Fsp3) is 0.238. The molecule has 6 heteroatoms. The molecule has 0 aromatic heterocycles. The van der Waals surface area contributed by atoms with Crippen LogP contribution in [0.5, 0.6) is 5.75 Å². The van der Waals surface area contributed by atoms with Crippen LogP contribution < -0.4 is 4.74 Å². The molecule has 0 spiro atoms. The lowest BCUT2D eigenvalue weighted by molar-refractivity contribution is -0.122. The van der Waals surface area contributed by atoms with E-state index in [-0.39, 0.29) is 5.91 Å². The van der Waals surface area contributed by atoms with E-state index in [1.54, 1.807) is 4.90 Å². The van der Waals surface area contributed by atoms with Gasteiger partial charge in [0, 0.05) is 23.1 Å². The van der Waals surface area contributed by atoms with Crippen LogP contribution in [0.15, 0.2) is 62.9 Å². The summed E-state index contributed by atoms with van der Waals surface area (Å²) in [4.78, 5) is 19.5. The third-order valence-electron chi connectivity index (χ3n) is 4.01. The molecule has 3 rings (SSSR count). The van der Waals surface area contributed by atoms with Gasteiger partial charge in [-0.25, -0.2) is 0 Å². The Morgan fingerprint density at radius 2 is 1.89 bits per heavy atom. The topological polar surface area (TPSA) is 41.9 Å². The van der Waals surface area contributed by atoms with Crippen molar-refractivity contribution in [2.45, 2.75) is 20.5 Å². The van der Waals surface area contributed by atoms with E-state index in [2.05, 4.69) is 20.9 Å². The average molecular weight is 445 g/mol. The van der Waals surface area contributed by atoms with Crippen molar-refractivity contribution in [2.75, 3.05) is 13.1 Å². The van der Waals surface area contributed by atoms with Crippen molar-refractivity contribution in [3.63, 3.8) is 0 Å². The molecule has 1 fully saturated rings. The molecule has 27 heavy (non-hydrogen) atoms. The van der Waals surface area contributed by atoms with Crippen molar-refractivity contribution in [3.8, 4) is 5.75 Å². The number of amides is 1. The lowest BCUT2D eigenvalue weighted by atomic mass is 10.1. The van der Waals surface area contributed by atoms with Crippen LogP contribution in [0.25, 0.3) is 6.08 Å². The number of nitrogens with zero attached hydrogens (tertiary/aromatic N) is 2. The standard InChI is InChI=1S/C21H21BrN2O2S/c1-3-23-21-24(4-2)20(25)19(27-21)13-16-7-5-6-8-18(16)26-14-15-9-11-17(22)12-10-15/h5-13H,3-4,14H2,1-2H3/b19-13+,23-21?. The van der Waals surface area contributed by atoms with Crippen molar-refractivity contribution in [3.05, 3.63) is 69.0 Å². The molecule has 1 aliphatic rings. The van der Waals surface area contributed by atoms with Crippen LogP contribution in [0.3, 0.4) is 0 Å². The van der Waals surface area contributed by atoms with Crippen LogP contribution in [0.1, 0.15) is 25.0 Å². The summed E-state index contributed by atoms with van der Waals surface area (Å²) >= 11 is 4.86. The van der Waals surface area contributed by atoms with Gasteiger partial charge in [-0.05, 0) is 55.4 Å². The number of carbonyl (C=O) groups is 1. The third kappa shape index (κ3) is 4.82. The van der Waals surface area contributed by atoms with Gasteiger partial charge in [0.2, 0.25) is 0 Å². The van der Waals surface area contributed by atoms with E-state index < -0.39 is 0 Å². The van der Waals surface area contributed by atoms with Gasteiger partial charge in [-0.2, -0.15) is 0 Å². The van der Waals surface area contributed by atoms with E-state index in [1.807, 2.05) is 68.5 Å². The van der Waals surface area contributed by atoms with Gasteiger partial charge in [0.05, 0.1) is 4.91 Å². The second kappa shape index (κ2) is 9.24. The van der Waals surface area contributed by atoms with Crippen LogP contribution in [-0.2, 0) is 11.4 Å². The smallest absolute Gasteiger partial charge is 0.266 e. The summed E-state index contributed by atoms with van der Waals surface area (Å²) < 4.78 is 7.05. The molecule has 0 bridgehead atoms. The van der Waals surface area contributed by atoms with E-state index >= 15 is 0 Å². The number of aliphatic imine (C=N–C) groups is 1. The maximum atomic E-state index is 12.7. The highest BCUT2D eigenvalue weighted by atomic mass is 79.9. The lowest BCUT2D eigenvalue weighted by Crippen LogP contribution is -2.28. The van der Waals surface area contributed by atoms with Crippen LogP contribution in [-0.4, -0.2) is 29.1 Å². The van der Waals surface area contributed by atoms with E-state index in [0.29, 0.717) is 24.6 Å². The van der Waals surface area contributed by atoms with Crippen LogP contribution >= 0.6 is 27.7 Å². The molecule has 0 atom stereocenters. The van der Waals surface area contributed by atoms with Gasteiger partial charge in [0.15, 0.2) is 5.17 Å². The fourth-order valence-electron chi connectivity index (χ4n) is 2.65. The molecule has 4 nitrogen and oxygen atoms in total. The number of thioether (sulfide) groups is 1. The molecule has 1 saturated heterocycles. The molecule has 0 N–H and O–H groups in total. The SMILES string of the molecule is CCN=C1S/C(=C/c2ccccc2OCc2ccc(Br)cc2)C(=O)N1CC. The second-order valence-corrected chi connectivity index (χ2v) is 7.79. The number of amidine groups is 1. The number of para-hydroxylation sites is 1. The van der Waals surface area contributed by atoms with E-state index in [1.165, 1.54) is 11.8 Å². The first-order chi connectivity index (χ1) is 13.1. The maximum absolute atomic E-state index is 12.7. The zero-order valence-corrected chi connectivity index (χ0v) is 17.7. The van der Waals surface area contributed by atoms with Gasteiger partial charge in [-0.15, -0.1) is 0 Å². The number of likely N-dealkylation sites (N-methyl/N-ethyl adjacent to an activating group) is 1. The number of benzene rings is 2. The van der Waals surface area contributed by atoms with Crippen molar-refractivity contribution in [1.82, 2.24) is 4.90 Å². The van der Waals surface area contributed by atoms with Gasteiger partial charge in [-0.3, -0.25) is 14.7 Å². The molecule has 2 aromatic carbocycles. The van der Waals surface area contributed by atoms with E-state index in [9.17, 15) is 4.79 Å². The molecule has 1 heterocycles. The number of hydrogen-bond donors (Lipinski definition) is 0. The van der Waals surface area contributed by atoms with Gasteiger partial charge in [0.1, 0.15) is 12.4 Å². The Morgan fingerprint density at radius 3 is 2.59 bits per heavy atom. The molecular formula is C21H21BrN2O2S. The highest BCUT2D eigenvalue weighted by molar-refractivity contribution is 9.10. The molecule has 0 radical (unpaired) electrons. The van der Waals surface area contributed by atoms with Gasteiger partial charge < -0.3 is 4.74 Å². The predicted molar refractivity (Wildman–Crippen MR) is 116 cm³/mol.